The van der Waals surface area contributed by atoms with E-state index in [1.165, 1.54) is 59.1 Å². The first-order valence-corrected chi connectivity index (χ1v) is 10.3. The van der Waals surface area contributed by atoms with Gasteiger partial charge in [0.05, 0.1) is 6.61 Å². The van der Waals surface area contributed by atoms with Crippen molar-refractivity contribution in [1.29, 1.82) is 0 Å². The van der Waals surface area contributed by atoms with Crippen LogP contribution in [0.4, 0.5) is 0 Å². The lowest BCUT2D eigenvalue weighted by molar-refractivity contribution is 0.282. The topological polar surface area (TPSA) is 20.2 Å². The van der Waals surface area contributed by atoms with Crippen LogP contribution in [-0.2, 0) is 6.61 Å². The van der Waals surface area contributed by atoms with Gasteiger partial charge in [0.15, 0.2) is 0 Å². The molecule has 0 aromatic heterocycles. The molecule has 5 rings (SSSR count). The highest BCUT2D eigenvalue weighted by molar-refractivity contribution is 5.90. The zero-order valence-corrected chi connectivity index (χ0v) is 15.7. The van der Waals surface area contributed by atoms with Crippen LogP contribution < -0.4 is 0 Å². The summed E-state index contributed by atoms with van der Waals surface area (Å²) in [6.07, 6.45) is 16.0. The Kier molecular flexibility index (Phi) is 4.33. The summed E-state index contributed by atoms with van der Waals surface area (Å²) in [5, 5.41) is 9.22. The van der Waals surface area contributed by atoms with Gasteiger partial charge in [-0.25, -0.2) is 0 Å². The Balaban J connectivity index is 1.38. The highest BCUT2D eigenvalue weighted by atomic mass is 16.3. The van der Waals surface area contributed by atoms with E-state index in [0.29, 0.717) is 5.92 Å². The summed E-state index contributed by atoms with van der Waals surface area (Å²) in [6, 6.07) is 15.3. The van der Waals surface area contributed by atoms with Crippen LogP contribution in [0.1, 0.15) is 65.8 Å². The molecule has 1 saturated carbocycles. The van der Waals surface area contributed by atoms with Crippen molar-refractivity contribution in [1.82, 2.24) is 0 Å². The second kappa shape index (κ2) is 6.98. The first-order valence-electron chi connectivity index (χ1n) is 10.3. The van der Waals surface area contributed by atoms with Gasteiger partial charge in [0.25, 0.3) is 0 Å². The molecule has 27 heavy (non-hydrogen) atoms. The molecule has 0 radical (unpaired) electrons. The number of fused-ring (bicyclic) bond motifs is 1. The summed E-state index contributed by atoms with van der Waals surface area (Å²) in [7, 11) is 0. The fourth-order valence-corrected chi connectivity index (χ4v) is 4.99. The molecule has 136 valence electrons. The van der Waals surface area contributed by atoms with Gasteiger partial charge in [-0.05, 0) is 70.2 Å². The predicted octanol–water partition coefficient (Wildman–Crippen LogP) is 6.35. The number of rotatable bonds is 4. The molecule has 1 heteroatoms. The highest BCUT2D eigenvalue weighted by Gasteiger charge is 2.28. The fraction of sp³-hybridized carbons (Fsp3) is 0.308. The molecule has 1 nitrogen and oxygen atoms in total. The first kappa shape index (κ1) is 16.8. The van der Waals surface area contributed by atoms with E-state index < -0.39 is 0 Å². The summed E-state index contributed by atoms with van der Waals surface area (Å²) >= 11 is 0. The Bertz CT molecular complexity index is 937. The molecule has 0 heterocycles. The number of benzene rings is 2. The minimum absolute atomic E-state index is 0.104. The van der Waals surface area contributed by atoms with Crippen LogP contribution in [0.25, 0.3) is 17.2 Å². The molecule has 0 saturated heterocycles. The average molecular weight is 354 g/mol. The fourth-order valence-electron chi connectivity index (χ4n) is 4.99. The minimum atomic E-state index is 0.104. The van der Waals surface area contributed by atoms with Gasteiger partial charge in [-0.15, -0.1) is 0 Å². The number of aliphatic hydroxyl groups excluding tert-OH is 1. The molecule has 1 unspecified atom stereocenters. The van der Waals surface area contributed by atoms with Crippen LogP contribution >= 0.6 is 0 Å². The smallest absolute Gasteiger partial charge is 0.0681 e. The second-order valence-corrected chi connectivity index (χ2v) is 8.16. The van der Waals surface area contributed by atoms with Gasteiger partial charge in [0, 0.05) is 5.92 Å². The number of allylic oxidation sites excluding steroid dienone is 5. The zero-order chi connectivity index (χ0) is 18.2. The van der Waals surface area contributed by atoms with E-state index in [0.717, 1.165) is 17.9 Å². The lowest BCUT2D eigenvalue weighted by Crippen LogP contribution is -2.05. The van der Waals surface area contributed by atoms with E-state index in [2.05, 4.69) is 54.6 Å². The van der Waals surface area contributed by atoms with Gasteiger partial charge in [-0.3, -0.25) is 0 Å². The quantitative estimate of drug-likeness (QED) is 0.678. The number of aliphatic hydroxyl groups is 1. The van der Waals surface area contributed by atoms with Crippen molar-refractivity contribution in [3.05, 3.63) is 88.5 Å². The van der Waals surface area contributed by atoms with Gasteiger partial charge in [0.2, 0.25) is 0 Å². The highest BCUT2D eigenvalue weighted by Crippen LogP contribution is 2.44. The van der Waals surface area contributed by atoms with E-state index >= 15 is 0 Å². The molecule has 3 aliphatic carbocycles. The van der Waals surface area contributed by atoms with Crippen molar-refractivity contribution < 1.29 is 5.11 Å². The summed E-state index contributed by atoms with van der Waals surface area (Å²) < 4.78 is 0. The zero-order valence-electron chi connectivity index (χ0n) is 15.7. The van der Waals surface area contributed by atoms with E-state index in [4.69, 9.17) is 0 Å². The van der Waals surface area contributed by atoms with E-state index in [1.54, 1.807) is 0 Å². The SMILES string of the molecule is OCc1ccc(C2=CC(c3ccc4c(c3)C=CC4C3CCCC3)=CC2)cc1. The Morgan fingerprint density at radius 1 is 0.926 bits per heavy atom. The van der Waals surface area contributed by atoms with Crippen LogP contribution in [0, 0.1) is 5.92 Å². The Morgan fingerprint density at radius 2 is 1.70 bits per heavy atom. The van der Waals surface area contributed by atoms with Gasteiger partial charge < -0.3 is 5.11 Å². The summed E-state index contributed by atoms with van der Waals surface area (Å²) in [5.74, 6) is 1.50. The maximum Gasteiger partial charge on any atom is 0.0681 e. The molecule has 2 aromatic rings. The Hall–Kier alpha value is -2.38. The lowest BCUT2D eigenvalue weighted by atomic mass is 9.86. The molecule has 0 spiro atoms. The third-order valence-electron chi connectivity index (χ3n) is 6.55. The first-order chi connectivity index (χ1) is 13.3. The molecule has 0 bridgehead atoms. The number of hydrogen-bond donors (Lipinski definition) is 1. The van der Waals surface area contributed by atoms with Crippen molar-refractivity contribution >= 4 is 17.2 Å². The molecule has 1 fully saturated rings. The maximum absolute atomic E-state index is 9.22. The molecular weight excluding hydrogens is 328 g/mol. The largest absolute Gasteiger partial charge is 0.392 e. The summed E-state index contributed by atoms with van der Waals surface area (Å²) in [5.41, 5.74) is 9.18. The monoisotopic (exact) mass is 354 g/mol. The number of hydrogen-bond acceptors (Lipinski definition) is 1. The molecule has 3 aliphatic rings. The molecule has 0 amide bonds. The van der Waals surface area contributed by atoms with Crippen molar-refractivity contribution in [3.63, 3.8) is 0 Å². The second-order valence-electron chi connectivity index (χ2n) is 8.16. The van der Waals surface area contributed by atoms with Crippen molar-refractivity contribution in [2.24, 2.45) is 5.92 Å². The van der Waals surface area contributed by atoms with Crippen molar-refractivity contribution in [2.45, 2.75) is 44.6 Å². The van der Waals surface area contributed by atoms with Gasteiger partial charge >= 0.3 is 0 Å². The van der Waals surface area contributed by atoms with Crippen LogP contribution in [-0.4, -0.2) is 5.11 Å². The van der Waals surface area contributed by atoms with E-state index in [9.17, 15) is 5.11 Å². The van der Waals surface area contributed by atoms with Gasteiger partial charge in [-0.1, -0.05) is 73.5 Å². The maximum atomic E-state index is 9.22. The molecule has 1 N–H and O–H groups in total. The summed E-state index contributed by atoms with van der Waals surface area (Å²) in [4.78, 5) is 0. The van der Waals surface area contributed by atoms with Gasteiger partial charge in [-0.2, -0.15) is 0 Å². The van der Waals surface area contributed by atoms with Crippen LogP contribution in [0.5, 0.6) is 0 Å². The predicted molar refractivity (Wildman–Crippen MR) is 113 cm³/mol. The Morgan fingerprint density at radius 3 is 2.48 bits per heavy atom. The molecular formula is C26H26O. The third kappa shape index (κ3) is 3.11. The van der Waals surface area contributed by atoms with Crippen molar-refractivity contribution in [2.75, 3.05) is 0 Å². The Labute approximate surface area is 161 Å². The molecule has 0 aliphatic heterocycles. The van der Waals surface area contributed by atoms with Gasteiger partial charge in [0.1, 0.15) is 0 Å². The third-order valence-corrected chi connectivity index (χ3v) is 6.55. The molecule has 1 atom stereocenters. The molecule has 2 aromatic carbocycles. The van der Waals surface area contributed by atoms with Crippen LogP contribution in [0.2, 0.25) is 0 Å². The average Bonchev–Trinajstić information content (AvgIpc) is 3.47. The van der Waals surface area contributed by atoms with E-state index in [1.807, 2.05) is 12.1 Å². The minimum Gasteiger partial charge on any atom is -0.392 e. The van der Waals surface area contributed by atoms with Crippen molar-refractivity contribution in [3.8, 4) is 0 Å². The summed E-state index contributed by atoms with van der Waals surface area (Å²) in [6.45, 7) is 0.104. The normalized spacial score (nSPS) is 21.4. The van der Waals surface area contributed by atoms with Crippen LogP contribution in [0.15, 0.2) is 60.7 Å². The van der Waals surface area contributed by atoms with E-state index in [-0.39, 0.29) is 6.61 Å². The standard InChI is InChI=1S/C26H26O/c27-17-18-5-7-19(8-6-18)21-9-10-22(15-21)23-11-13-26-24(16-23)12-14-25(26)20-3-1-2-4-20/h5-8,10-16,20,25,27H,1-4,9,17H2. The van der Waals surface area contributed by atoms with Crippen LogP contribution in [0.3, 0.4) is 0 Å². The lowest BCUT2D eigenvalue weighted by Gasteiger charge is -2.18.